The number of rotatable bonds is 4. The number of anilines is 1. The largest absolute Gasteiger partial charge is 0.363 e. The third-order valence-corrected chi connectivity index (χ3v) is 5.27. The van der Waals surface area contributed by atoms with Gasteiger partial charge in [0.25, 0.3) is 0 Å². The van der Waals surface area contributed by atoms with Gasteiger partial charge < -0.3 is 5.32 Å². The van der Waals surface area contributed by atoms with Crippen LogP contribution in [0.4, 0.5) is 5.82 Å². The van der Waals surface area contributed by atoms with Crippen LogP contribution in [-0.2, 0) is 5.41 Å². The molecule has 1 unspecified atom stereocenters. The monoisotopic (exact) mass is 384 g/mol. The Balaban J connectivity index is 1.84. The fourth-order valence-corrected chi connectivity index (χ4v) is 3.43. The molecule has 0 amide bonds. The molecule has 2 aromatic carbocycles. The summed E-state index contributed by atoms with van der Waals surface area (Å²) in [7, 11) is 0. The second kappa shape index (κ2) is 7.36. The number of nitrogens with one attached hydrogen (secondary N) is 1. The first-order chi connectivity index (χ1) is 13.8. The molecule has 4 aromatic rings. The number of aryl methyl sites for hydroxylation is 1. The van der Waals surface area contributed by atoms with Crippen molar-refractivity contribution in [3.8, 4) is 11.1 Å². The van der Waals surface area contributed by atoms with Gasteiger partial charge >= 0.3 is 0 Å². The van der Waals surface area contributed by atoms with E-state index in [1.165, 1.54) is 11.1 Å². The molecule has 2 aromatic heterocycles. The number of hydrogen-bond acceptors (Lipinski definition) is 3. The fourth-order valence-electron chi connectivity index (χ4n) is 3.43. The first kappa shape index (κ1) is 19.2. The Hall–Kier alpha value is -3.14. The summed E-state index contributed by atoms with van der Waals surface area (Å²) in [5, 5.41) is 8.33. The van der Waals surface area contributed by atoms with Gasteiger partial charge in [-0.3, -0.25) is 0 Å². The lowest BCUT2D eigenvalue weighted by Crippen LogP contribution is -2.17. The molecule has 0 saturated carbocycles. The molecule has 1 N–H and O–H groups in total. The summed E-state index contributed by atoms with van der Waals surface area (Å²) in [6.07, 6.45) is 1.91. The van der Waals surface area contributed by atoms with Crippen molar-refractivity contribution < 1.29 is 0 Å². The molecule has 0 fully saturated rings. The Labute approximate surface area is 172 Å². The molecule has 4 heteroatoms. The molecular weight excluding hydrogens is 356 g/mol. The lowest BCUT2D eigenvalue weighted by Gasteiger charge is -2.22. The fraction of sp³-hybridized carbons (Fsp3) is 0.280. The van der Waals surface area contributed by atoms with Crippen molar-refractivity contribution >= 4 is 11.5 Å². The van der Waals surface area contributed by atoms with Gasteiger partial charge in [-0.15, -0.1) is 0 Å². The van der Waals surface area contributed by atoms with E-state index in [2.05, 4.69) is 99.6 Å². The lowest BCUT2D eigenvalue weighted by atomic mass is 9.91. The van der Waals surface area contributed by atoms with Crippen LogP contribution in [0.3, 0.4) is 0 Å². The summed E-state index contributed by atoms with van der Waals surface area (Å²) in [6, 6.07) is 21.3. The van der Waals surface area contributed by atoms with Gasteiger partial charge in [0.2, 0.25) is 0 Å². The zero-order valence-electron chi connectivity index (χ0n) is 17.8. The van der Waals surface area contributed by atoms with E-state index in [4.69, 9.17) is 4.98 Å². The summed E-state index contributed by atoms with van der Waals surface area (Å²) in [4.78, 5) is 5.01. The van der Waals surface area contributed by atoms with Crippen molar-refractivity contribution in [3.63, 3.8) is 0 Å². The van der Waals surface area contributed by atoms with E-state index in [-0.39, 0.29) is 11.5 Å². The van der Waals surface area contributed by atoms with Crippen LogP contribution in [0.15, 0.2) is 66.9 Å². The van der Waals surface area contributed by atoms with Gasteiger partial charge in [0, 0.05) is 23.1 Å². The molecule has 0 bridgehead atoms. The molecule has 4 rings (SSSR count). The van der Waals surface area contributed by atoms with Crippen LogP contribution in [0.1, 0.15) is 50.6 Å². The topological polar surface area (TPSA) is 42.2 Å². The molecule has 0 spiro atoms. The van der Waals surface area contributed by atoms with Gasteiger partial charge in [0.1, 0.15) is 5.82 Å². The maximum absolute atomic E-state index is 5.01. The molecule has 2 heterocycles. The number of nitrogens with zero attached hydrogens (tertiary/aromatic N) is 3. The lowest BCUT2D eigenvalue weighted by molar-refractivity contribution is 0.568. The summed E-state index contributed by atoms with van der Waals surface area (Å²) < 4.78 is 1.92. The van der Waals surface area contributed by atoms with Gasteiger partial charge in [-0.25, -0.2) is 4.98 Å². The van der Waals surface area contributed by atoms with Crippen LogP contribution in [0.5, 0.6) is 0 Å². The van der Waals surface area contributed by atoms with E-state index in [1.54, 1.807) is 0 Å². The van der Waals surface area contributed by atoms with Crippen molar-refractivity contribution in [2.45, 2.75) is 46.1 Å². The number of benzene rings is 2. The first-order valence-electron chi connectivity index (χ1n) is 10.1. The minimum Gasteiger partial charge on any atom is -0.363 e. The van der Waals surface area contributed by atoms with Crippen LogP contribution in [0, 0.1) is 6.92 Å². The van der Waals surface area contributed by atoms with Crippen LogP contribution in [0.2, 0.25) is 0 Å². The van der Waals surface area contributed by atoms with Crippen molar-refractivity contribution in [3.05, 3.63) is 83.7 Å². The van der Waals surface area contributed by atoms with Crippen molar-refractivity contribution in [1.82, 2.24) is 14.6 Å². The Morgan fingerprint density at radius 3 is 2.31 bits per heavy atom. The van der Waals surface area contributed by atoms with Gasteiger partial charge in [-0.1, -0.05) is 80.9 Å². The predicted octanol–water partition coefficient (Wildman–Crippen LogP) is 6.18. The van der Waals surface area contributed by atoms with Crippen molar-refractivity contribution in [2.24, 2.45) is 0 Å². The van der Waals surface area contributed by atoms with E-state index in [0.717, 1.165) is 28.3 Å². The van der Waals surface area contributed by atoms with Gasteiger partial charge in [0.05, 0.1) is 11.9 Å². The Morgan fingerprint density at radius 1 is 0.966 bits per heavy atom. The van der Waals surface area contributed by atoms with E-state index in [1.807, 2.05) is 16.8 Å². The third kappa shape index (κ3) is 3.88. The average Bonchev–Trinajstić information content (AvgIpc) is 3.13. The molecule has 0 radical (unpaired) electrons. The van der Waals surface area contributed by atoms with Crippen LogP contribution < -0.4 is 5.32 Å². The number of hydrogen-bond donors (Lipinski definition) is 1. The van der Waals surface area contributed by atoms with Crippen LogP contribution >= 0.6 is 0 Å². The normalized spacial score (nSPS) is 12.9. The SMILES string of the molecule is Cc1ccc(-c2cnn3c(NC(C)c4ccccc4)cc(C(C)(C)C)nc23)cc1. The molecule has 0 aliphatic rings. The number of aromatic nitrogens is 3. The number of fused-ring (bicyclic) bond motifs is 1. The van der Waals surface area contributed by atoms with Gasteiger partial charge in [0.15, 0.2) is 5.65 Å². The van der Waals surface area contributed by atoms with E-state index < -0.39 is 0 Å². The van der Waals surface area contributed by atoms with Gasteiger partial charge in [-0.05, 0) is 25.0 Å². The highest BCUT2D eigenvalue weighted by atomic mass is 15.3. The highest BCUT2D eigenvalue weighted by Gasteiger charge is 2.21. The summed E-state index contributed by atoms with van der Waals surface area (Å²) >= 11 is 0. The second-order valence-electron chi connectivity index (χ2n) is 8.71. The zero-order valence-corrected chi connectivity index (χ0v) is 17.8. The molecule has 0 aliphatic heterocycles. The molecule has 1 atom stereocenters. The molecule has 0 aliphatic carbocycles. The minimum atomic E-state index is -0.0665. The Bertz CT molecular complexity index is 1120. The quantitative estimate of drug-likeness (QED) is 0.457. The smallest absolute Gasteiger partial charge is 0.165 e. The van der Waals surface area contributed by atoms with Crippen molar-refractivity contribution in [1.29, 1.82) is 0 Å². The third-order valence-electron chi connectivity index (χ3n) is 5.27. The molecule has 4 nitrogen and oxygen atoms in total. The summed E-state index contributed by atoms with van der Waals surface area (Å²) in [5.41, 5.74) is 6.51. The summed E-state index contributed by atoms with van der Waals surface area (Å²) in [6.45, 7) is 10.8. The van der Waals surface area contributed by atoms with Crippen LogP contribution in [-0.4, -0.2) is 14.6 Å². The van der Waals surface area contributed by atoms with E-state index in [0.29, 0.717) is 0 Å². The first-order valence-corrected chi connectivity index (χ1v) is 10.1. The Morgan fingerprint density at radius 2 is 1.66 bits per heavy atom. The van der Waals surface area contributed by atoms with Crippen LogP contribution in [0.25, 0.3) is 16.8 Å². The predicted molar refractivity (Wildman–Crippen MR) is 120 cm³/mol. The maximum Gasteiger partial charge on any atom is 0.165 e. The highest BCUT2D eigenvalue weighted by molar-refractivity contribution is 5.78. The summed E-state index contributed by atoms with van der Waals surface area (Å²) in [5.74, 6) is 0.953. The minimum absolute atomic E-state index is 0.0665. The average molecular weight is 385 g/mol. The van der Waals surface area contributed by atoms with E-state index in [9.17, 15) is 0 Å². The highest BCUT2D eigenvalue weighted by Crippen LogP contribution is 2.31. The zero-order chi connectivity index (χ0) is 20.6. The Kier molecular flexibility index (Phi) is 4.87. The molecule has 0 saturated heterocycles. The maximum atomic E-state index is 5.01. The molecule has 148 valence electrons. The molecular formula is C25H28N4. The van der Waals surface area contributed by atoms with Gasteiger partial charge in [-0.2, -0.15) is 9.61 Å². The second-order valence-corrected chi connectivity index (χ2v) is 8.71. The van der Waals surface area contributed by atoms with E-state index >= 15 is 0 Å². The molecule has 29 heavy (non-hydrogen) atoms. The standard InChI is InChI=1S/C25H28N4/c1-17-11-13-20(14-12-17)21-16-26-29-23(15-22(25(3,4)5)28-24(21)29)27-18(2)19-9-7-6-8-10-19/h6-16,18,27H,1-5H3. The van der Waals surface area contributed by atoms with Crippen molar-refractivity contribution in [2.75, 3.05) is 5.32 Å².